The Morgan fingerprint density at radius 3 is 2.38 bits per heavy atom. The number of carbonyl (C=O) groups is 2. The molecule has 0 bridgehead atoms. The fraction of sp³-hybridized carbons (Fsp3) is 0.0952. The molecule has 1 unspecified atom stereocenters. The lowest BCUT2D eigenvalue weighted by Crippen LogP contribution is -2.26. The molecule has 1 heterocycles. The van der Waals surface area contributed by atoms with Gasteiger partial charge in [0.15, 0.2) is 0 Å². The predicted molar refractivity (Wildman–Crippen MR) is 101 cm³/mol. The first-order valence-electron chi connectivity index (χ1n) is 8.31. The zero-order valence-electron chi connectivity index (χ0n) is 14.3. The summed E-state index contributed by atoms with van der Waals surface area (Å²) in [5.74, 6) is -0.466. The SMILES string of the molecule is CC(NC(=O)c1cccc(NC(=O)c2cccnc2)c1)c1ccccc1. The Hall–Kier alpha value is -3.47. The minimum atomic E-state index is -0.270. The number of hydrogen-bond acceptors (Lipinski definition) is 3. The molecule has 2 aromatic carbocycles. The number of rotatable bonds is 5. The molecule has 3 aromatic rings. The van der Waals surface area contributed by atoms with Crippen LogP contribution in [0, 0.1) is 0 Å². The summed E-state index contributed by atoms with van der Waals surface area (Å²) in [5.41, 5.74) is 2.53. The topological polar surface area (TPSA) is 71.1 Å². The number of aromatic nitrogens is 1. The normalized spacial score (nSPS) is 11.4. The molecule has 0 saturated heterocycles. The summed E-state index contributed by atoms with van der Waals surface area (Å²) in [5, 5.41) is 5.74. The van der Waals surface area contributed by atoms with E-state index in [-0.39, 0.29) is 17.9 Å². The summed E-state index contributed by atoms with van der Waals surface area (Å²) in [4.78, 5) is 28.6. The first-order valence-corrected chi connectivity index (χ1v) is 8.31. The number of carbonyl (C=O) groups excluding carboxylic acids is 2. The van der Waals surface area contributed by atoms with Crippen LogP contribution in [0.15, 0.2) is 79.1 Å². The maximum atomic E-state index is 12.5. The zero-order valence-corrected chi connectivity index (χ0v) is 14.3. The maximum Gasteiger partial charge on any atom is 0.257 e. The second-order valence-corrected chi connectivity index (χ2v) is 5.88. The molecule has 5 heteroatoms. The Bertz CT molecular complexity index is 895. The van der Waals surface area contributed by atoms with Gasteiger partial charge < -0.3 is 10.6 Å². The zero-order chi connectivity index (χ0) is 18.4. The van der Waals surface area contributed by atoms with Gasteiger partial charge in [0.25, 0.3) is 11.8 Å². The van der Waals surface area contributed by atoms with E-state index in [2.05, 4.69) is 15.6 Å². The first-order chi connectivity index (χ1) is 12.6. The van der Waals surface area contributed by atoms with Crippen molar-refractivity contribution in [2.24, 2.45) is 0 Å². The number of amides is 2. The largest absolute Gasteiger partial charge is 0.346 e. The molecule has 3 rings (SSSR count). The van der Waals surface area contributed by atoms with Gasteiger partial charge in [-0.25, -0.2) is 0 Å². The van der Waals surface area contributed by atoms with Gasteiger partial charge in [-0.3, -0.25) is 14.6 Å². The highest BCUT2D eigenvalue weighted by molar-refractivity contribution is 6.04. The van der Waals surface area contributed by atoms with Crippen LogP contribution in [-0.2, 0) is 0 Å². The Balaban J connectivity index is 1.68. The second kappa shape index (κ2) is 8.07. The van der Waals surface area contributed by atoms with Crippen molar-refractivity contribution < 1.29 is 9.59 Å². The minimum Gasteiger partial charge on any atom is -0.346 e. The van der Waals surface area contributed by atoms with Crippen LogP contribution in [-0.4, -0.2) is 16.8 Å². The lowest BCUT2D eigenvalue weighted by Gasteiger charge is -2.15. The molecule has 0 radical (unpaired) electrons. The van der Waals surface area contributed by atoms with Crippen molar-refractivity contribution in [1.29, 1.82) is 0 Å². The molecule has 1 aromatic heterocycles. The first kappa shape index (κ1) is 17.4. The number of hydrogen-bond donors (Lipinski definition) is 2. The molecular weight excluding hydrogens is 326 g/mol. The van der Waals surface area contributed by atoms with E-state index in [4.69, 9.17) is 0 Å². The monoisotopic (exact) mass is 345 g/mol. The van der Waals surface area contributed by atoms with E-state index in [0.29, 0.717) is 16.8 Å². The van der Waals surface area contributed by atoms with E-state index in [1.807, 2.05) is 37.3 Å². The summed E-state index contributed by atoms with van der Waals surface area (Å²) >= 11 is 0. The average Bonchev–Trinajstić information content (AvgIpc) is 2.69. The van der Waals surface area contributed by atoms with E-state index < -0.39 is 0 Å². The average molecular weight is 345 g/mol. The van der Waals surface area contributed by atoms with Crippen molar-refractivity contribution in [3.8, 4) is 0 Å². The number of pyridine rings is 1. The Kier molecular flexibility index (Phi) is 5.39. The van der Waals surface area contributed by atoms with Crippen LogP contribution in [0.1, 0.15) is 39.2 Å². The summed E-state index contributed by atoms with van der Waals surface area (Å²) in [6.45, 7) is 1.93. The van der Waals surface area contributed by atoms with E-state index >= 15 is 0 Å². The van der Waals surface area contributed by atoms with Crippen LogP contribution in [0.3, 0.4) is 0 Å². The minimum absolute atomic E-state index is 0.114. The molecule has 2 N–H and O–H groups in total. The third-order valence-corrected chi connectivity index (χ3v) is 3.95. The summed E-state index contributed by atoms with van der Waals surface area (Å²) in [7, 11) is 0. The highest BCUT2D eigenvalue weighted by Gasteiger charge is 2.12. The molecule has 0 fully saturated rings. The number of anilines is 1. The predicted octanol–water partition coefficient (Wildman–Crippen LogP) is 3.82. The molecule has 0 aliphatic heterocycles. The Morgan fingerprint density at radius 1 is 0.885 bits per heavy atom. The van der Waals surface area contributed by atoms with E-state index in [0.717, 1.165) is 5.56 Å². The number of benzene rings is 2. The summed E-state index contributed by atoms with van der Waals surface area (Å²) in [6, 6.07) is 19.9. The fourth-order valence-electron chi connectivity index (χ4n) is 2.54. The van der Waals surface area contributed by atoms with Crippen LogP contribution >= 0.6 is 0 Å². The molecule has 0 spiro atoms. The number of nitrogens with zero attached hydrogens (tertiary/aromatic N) is 1. The van der Waals surface area contributed by atoms with Crippen LogP contribution < -0.4 is 10.6 Å². The highest BCUT2D eigenvalue weighted by Crippen LogP contribution is 2.15. The third-order valence-electron chi connectivity index (χ3n) is 3.95. The van der Waals surface area contributed by atoms with Crippen molar-refractivity contribution in [2.45, 2.75) is 13.0 Å². The molecule has 0 aliphatic carbocycles. The molecule has 130 valence electrons. The van der Waals surface area contributed by atoms with Crippen molar-refractivity contribution in [3.05, 3.63) is 95.8 Å². The van der Waals surface area contributed by atoms with Crippen molar-refractivity contribution in [3.63, 3.8) is 0 Å². The highest BCUT2D eigenvalue weighted by atomic mass is 16.2. The van der Waals surface area contributed by atoms with Gasteiger partial charge in [-0.2, -0.15) is 0 Å². The van der Waals surface area contributed by atoms with E-state index in [9.17, 15) is 9.59 Å². The lowest BCUT2D eigenvalue weighted by atomic mass is 10.1. The maximum absolute atomic E-state index is 12.5. The molecular formula is C21H19N3O2. The van der Waals surface area contributed by atoms with Gasteiger partial charge >= 0.3 is 0 Å². The smallest absolute Gasteiger partial charge is 0.257 e. The molecule has 0 aliphatic rings. The van der Waals surface area contributed by atoms with Crippen LogP contribution in [0.4, 0.5) is 5.69 Å². The molecule has 0 saturated carbocycles. The van der Waals surface area contributed by atoms with Crippen LogP contribution in [0.25, 0.3) is 0 Å². The summed E-state index contributed by atoms with van der Waals surface area (Å²) in [6.07, 6.45) is 3.10. The van der Waals surface area contributed by atoms with Gasteiger partial charge in [-0.05, 0) is 42.8 Å². The Labute approximate surface area is 152 Å². The van der Waals surface area contributed by atoms with Gasteiger partial charge in [0.1, 0.15) is 0 Å². The van der Waals surface area contributed by atoms with Crippen LogP contribution in [0.2, 0.25) is 0 Å². The standard InChI is InChI=1S/C21H19N3O2/c1-15(16-7-3-2-4-8-16)23-20(25)17-9-5-11-19(13-17)24-21(26)18-10-6-12-22-14-18/h2-15H,1H3,(H,23,25)(H,24,26). The van der Waals surface area contributed by atoms with E-state index in [1.165, 1.54) is 6.20 Å². The molecule has 1 atom stereocenters. The van der Waals surface area contributed by atoms with Gasteiger partial charge in [-0.1, -0.05) is 36.4 Å². The van der Waals surface area contributed by atoms with Gasteiger partial charge in [0, 0.05) is 23.6 Å². The lowest BCUT2D eigenvalue weighted by molar-refractivity contribution is 0.0938. The van der Waals surface area contributed by atoms with Crippen molar-refractivity contribution in [1.82, 2.24) is 10.3 Å². The molecule has 2 amide bonds. The quantitative estimate of drug-likeness (QED) is 0.738. The van der Waals surface area contributed by atoms with Gasteiger partial charge in [0.05, 0.1) is 11.6 Å². The van der Waals surface area contributed by atoms with Gasteiger partial charge in [-0.15, -0.1) is 0 Å². The number of nitrogens with one attached hydrogen (secondary N) is 2. The molecule has 5 nitrogen and oxygen atoms in total. The van der Waals surface area contributed by atoms with E-state index in [1.54, 1.807) is 42.6 Å². The summed E-state index contributed by atoms with van der Waals surface area (Å²) < 4.78 is 0. The van der Waals surface area contributed by atoms with Crippen molar-refractivity contribution >= 4 is 17.5 Å². The fourth-order valence-corrected chi connectivity index (χ4v) is 2.54. The van der Waals surface area contributed by atoms with Crippen LogP contribution in [0.5, 0.6) is 0 Å². The molecule has 26 heavy (non-hydrogen) atoms. The van der Waals surface area contributed by atoms with Crippen molar-refractivity contribution in [2.75, 3.05) is 5.32 Å². The van der Waals surface area contributed by atoms with Gasteiger partial charge in [0.2, 0.25) is 0 Å². The Morgan fingerprint density at radius 2 is 1.65 bits per heavy atom. The second-order valence-electron chi connectivity index (χ2n) is 5.88. The third kappa shape index (κ3) is 4.33.